The second-order valence-corrected chi connectivity index (χ2v) is 5.41. The van der Waals surface area contributed by atoms with E-state index in [0.717, 1.165) is 3.57 Å². The van der Waals surface area contributed by atoms with Crippen molar-refractivity contribution in [3.63, 3.8) is 0 Å². The lowest BCUT2D eigenvalue weighted by Gasteiger charge is -2.33. The van der Waals surface area contributed by atoms with Crippen LogP contribution in [-0.2, 0) is 9.59 Å². The topological polar surface area (TPSA) is 66.5 Å². The first kappa shape index (κ1) is 14.0. The molecule has 1 saturated heterocycles. The van der Waals surface area contributed by atoms with Crippen LogP contribution in [0.4, 0.5) is 0 Å². The molecule has 0 aliphatic carbocycles. The standard InChI is InChI=1S/C13H13IN2O3/c1-2-10-12(18)15-11(17)7-16(10)13(19)8-5-3-4-6-9(8)14/h3-6,10H,2,7H2,1H3,(H,15,17,18). The maximum Gasteiger partial charge on any atom is 0.256 e. The number of carbonyl (C=O) groups is 3. The molecule has 1 aliphatic rings. The first-order valence-electron chi connectivity index (χ1n) is 5.93. The third kappa shape index (κ3) is 2.78. The Morgan fingerprint density at radius 3 is 2.74 bits per heavy atom. The lowest BCUT2D eigenvalue weighted by atomic mass is 10.1. The molecule has 6 heteroatoms. The molecular formula is C13H13IN2O3. The molecule has 2 rings (SSSR count). The number of piperazine rings is 1. The van der Waals surface area contributed by atoms with E-state index in [4.69, 9.17) is 0 Å². The normalized spacial score (nSPS) is 19.3. The largest absolute Gasteiger partial charge is 0.317 e. The zero-order valence-electron chi connectivity index (χ0n) is 10.4. The van der Waals surface area contributed by atoms with Gasteiger partial charge in [0, 0.05) is 3.57 Å². The predicted molar refractivity (Wildman–Crippen MR) is 77.4 cm³/mol. The molecule has 3 amide bonds. The number of amides is 3. The molecule has 1 N–H and O–H groups in total. The summed E-state index contributed by atoms with van der Waals surface area (Å²) in [4.78, 5) is 37.0. The van der Waals surface area contributed by atoms with E-state index in [1.165, 1.54) is 4.90 Å². The molecule has 19 heavy (non-hydrogen) atoms. The first-order chi connectivity index (χ1) is 9.04. The van der Waals surface area contributed by atoms with Crippen LogP contribution in [0.15, 0.2) is 24.3 Å². The third-order valence-electron chi connectivity index (χ3n) is 3.01. The summed E-state index contributed by atoms with van der Waals surface area (Å²) in [6.45, 7) is 1.74. The zero-order chi connectivity index (χ0) is 14.0. The fraction of sp³-hybridized carbons (Fsp3) is 0.308. The number of hydrogen-bond donors (Lipinski definition) is 1. The quantitative estimate of drug-likeness (QED) is 0.626. The zero-order valence-corrected chi connectivity index (χ0v) is 12.5. The minimum absolute atomic E-state index is 0.0753. The number of hydrogen-bond acceptors (Lipinski definition) is 3. The molecule has 0 saturated carbocycles. The van der Waals surface area contributed by atoms with Gasteiger partial charge < -0.3 is 4.90 Å². The molecule has 1 aliphatic heterocycles. The molecule has 1 unspecified atom stereocenters. The van der Waals surface area contributed by atoms with Gasteiger partial charge in [-0.15, -0.1) is 0 Å². The molecule has 1 fully saturated rings. The lowest BCUT2D eigenvalue weighted by Crippen LogP contribution is -2.59. The Hall–Kier alpha value is -1.44. The lowest BCUT2D eigenvalue weighted by molar-refractivity contribution is -0.138. The summed E-state index contributed by atoms with van der Waals surface area (Å²) in [5, 5.41) is 2.26. The van der Waals surface area contributed by atoms with Crippen LogP contribution < -0.4 is 5.32 Å². The number of carbonyl (C=O) groups excluding carboxylic acids is 3. The van der Waals surface area contributed by atoms with Crippen molar-refractivity contribution in [2.24, 2.45) is 0 Å². The van der Waals surface area contributed by atoms with E-state index >= 15 is 0 Å². The average molecular weight is 372 g/mol. The van der Waals surface area contributed by atoms with Crippen molar-refractivity contribution in [1.29, 1.82) is 0 Å². The molecule has 5 nitrogen and oxygen atoms in total. The number of imide groups is 1. The van der Waals surface area contributed by atoms with Crippen LogP contribution in [0.1, 0.15) is 23.7 Å². The summed E-state index contributed by atoms with van der Waals surface area (Å²) in [6.07, 6.45) is 0.480. The molecular weight excluding hydrogens is 359 g/mol. The van der Waals surface area contributed by atoms with Crippen molar-refractivity contribution >= 4 is 40.3 Å². The maximum atomic E-state index is 12.5. The Morgan fingerprint density at radius 1 is 1.42 bits per heavy atom. The van der Waals surface area contributed by atoms with Gasteiger partial charge in [-0.05, 0) is 41.1 Å². The van der Waals surface area contributed by atoms with E-state index in [0.29, 0.717) is 12.0 Å². The molecule has 100 valence electrons. The highest BCUT2D eigenvalue weighted by atomic mass is 127. The van der Waals surface area contributed by atoms with Crippen molar-refractivity contribution in [1.82, 2.24) is 10.2 Å². The summed E-state index contributed by atoms with van der Waals surface area (Å²) in [7, 11) is 0. The van der Waals surface area contributed by atoms with Crippen LogP contribution in [0.2, 0.25) is 0 Å². The van der Waals surface area contributed by atoms with Crippen molar-refractivity contribution in [2.75, 3.05) is 6.54 Å². The van der Waals surface area contributed by atoms with Crippen LogP contribution in [0, 0.1) is 3.57 Å². The molecule has 0 radical (unpaired) electrons. The van der Waals surface area contributed by atoms with Gasteiger partial charge in [-0.1, -0.05) is 19.1 Å². The van der Waals surface area contributed by atoms with Gasteiger partial charge in [-0.25, -0.2) is 0 Å². The van der Waals surface area contributed by atoms with Gasteiger partial charge in [0.1, 0.15) is 12.6 Å². The fourth-order valence-corrected chi connectivity index (χ4v) is 2.69. The van der Waals surface area contributed by atoms with Gasteiger partial charge >= 0.3 is 0 Å². The molecule has 0 spiro atoms. The minimum atomic E-state index is -0.582. The van der Waals surface area contributed by atoms with E-state index in [9.17, 15) is 14.4 Å². The summed E-state index contributed by atoms with van der Waals surface area (Å²) >= 11 is 2.07. The number of nitrogens with one attached hydrogen (secondary N) is 1. The number of rotatable bonds is 2. The maximum absolute atomic E-state index is 12.5. The SMILES string of the molecule is CCC1C(=O)NC(=O)CN1C(=O)c1ccccc1I. The van der Waals surface area contributed by atoms with Crippen LogP contribution in [0.25, 0.3) is 0 Å². The summed E-state index contributed by atoms with van der Waals surface area (Å²) in [5.74, 6) is -1.12. The number of halogens is 1. The molecule has 1 aromatic rings. The Kier molecular flexibility index (Phi) is 4.18. The smallest absolute Gasteiger partial charge is 0.256 e. The predicted octanol–water partition coefficient (Wildman–Crippen LogP) is 1.17. The van der Waals surface area contributed by atoms with Crippen molar-refractivity contribution < 1.29 is 14.4 Å². The van der Waals surface area contributed by atoms with E-state index in [-0.39, 0.29) is 12.5 Å². The highest BCUT2D eigenvalue weighted by Gasteiger charge is 2.36. The third-order valence-corrected chi connectivity index (χ3v) is 3.95. The molecule has 1 aromatic carbocycles. The summed E-state index contributed by atoms with van der Waals surface area (Å²) in [5.41, 5.74) is 0.518. The summed E-state index contributed by atoms with van der Waals surface area (Å²) < 4.78 is 0.804. The van der Waals surface area contributed by atoms with E-state index in [2.05, 4.69) is 27.9 Å². The van der Waals surface area contributed by atoms with Gasteiger partial charge in [0.05, 0.1) is 5.56 Å². The first-order valence-corrected chi connectivity index (χ1v) is 7.01. The molecule has 1 heterocycles. The number of benzene rings is 1. The average Bonchev–Trinajstić information content (AvgIpc) is 2.37. The minimum Gasteiger partial charge on any atom is -0.317 e. The molecule has 0 bridgehead atoms. The highest BCUT2D eigenvalue weighted by Crippen LogP contribution is 2.18. The van der Waals surface area contributed by atoms with Crippen LogP contribution in [-0.4, -0.2) is 35.2 Å². The van der Waals surface area contributed by atoms with Gasteiger partial charge in [0.25, 0.3) is 5.91 Å². The summed E-state index contributed by atoms with van der Waals surface area (Å²) in [6, 6.07) is 6.54. The van der Waals surface area contributed by atoms with E-state index < -0.39 is 17.9 Å². The van der Waals surface area contributed by atoms with Crippen molar-refractivity contribution in [3.8, 4) is 0 Å². The highest BCUT2D eigenvalue weighted by molar-refractivity contribution is 14.1. The van der Waals surface area contributed by atoms with Crippen LogP contribution in [0.5, 0.6) is 0 Å². The molecule has 1 atom stereocenters. The Morgan fingerprint density at radius 2 is 2.11 bits per heavy atom. The van der Waals surface area contributed by atoms with Crippen molar-refractivity contribution in [2.45, 2.75) is 19.4 Å². The van der Waals surface area contributed by atoms with Crippen LogP contribution in [0.3, 0.4) is 0 Å². The van der Waals surface area contributed by atoms with E-state index in [1.807, 2.05) is 19.1 Å². The second-order valence-electron chi connectivity index (χ2n) is 4.25. The Bertz CT molecular complexity index is 544. The fourth-order valence-electron chi connectivity index (χ4n) is 2.08. The van der Waals surface area contributed by atoms with Crippen molar-refractivity contribution in [3.05, 3.63) is 33.4 Å². The molecule has 0 aromatic heterocycles. The van der Waals surface area contributed by atoms with Gasteiger partial charge in [0.2, 0.25) is 11.8 Å². The van der Waals surface area contributed by atoms with Crippen LogP contribution >= 0.6 is 22.6 Å². The monoisotopic (exact) mass is 372 g/mol. The Labute approximate surface area is 124 Å². The van der Waals surface area contributed by atoms with Gasteiger partial charge in [-0.3, -0.25) is 19.7 Å². The van der Waals surface area contributed by atoms with Gasteiger partial charge in [-0.2, -0.15) is 0 Å². The Balaban J connectivity index is 2.33. The van der Waals surface area contributed by atoms with Gasteiger partial charge in [0.15, 0.2) is 0 Å². The number of nitrogens with zero attached hydrogens (tertiary/aromatic N) is 1. The van der Waals surface area contributed by atoms with E-state index in [1.54, 1.807) is 12.1 Å². The second kappa shape index (κ2) is 5.68.